The summed E-state index contributed by atoms with van der Waals surface area (Å²) in [5.74, 6) is 0.400. The van der Waals surface area contributed by atoms with Gasteiger partial charge >= 0.3 is 6.03 Å². The van der Waals surface area contributed by atoms with Crippen molar-refractivity contribution in [3.05, 3.63) is 36.2 Å². The summed E-state index contributed by atoms with van der Waals surface area (Å²) in [6.07, 6.45) is 8.61. The number of rotatable bonds is 6. The summed E-state index contributed by atoms with van der Waals surface area (Å²) in [6.45, 7) is 7.47. The molecule has 1 spiro atoms. The van der Waals surface area contributed by atoms with Crippen LogP contribution in [0.5, 0.6) is 0 Å². The Morgan fingerprint density at radius 3 is 2.45 bits per heavy atom. The average Bonchev–Trinajstić information content (AvgIpc) is 3.32. The largest absolute Gasteiger partial charge is 0.371 e. The number of benzene rings is 1. The van der Waals surface area contributed by atoms with Gasteiger partial charge in [0.25, 0.3) is 5.91 Å². The van der Waals surface area contributed by atoms with E-state index in [1.807, 2.05) is 24.1 Å². The molecule has 0 bridgehead atoms. The van der Waals surface area contributed by atoms with Crippen LogP contribution in [0.25, 0.3) is 0 Å². The Hall–Kier alpha value is -3.60. The fraction of sp³-hybridized carbons (Fsp3) is 0.586. The van der Waals surface area contributed by atoms with Gasteiger partial charge in [-0.3, -0.25) is 4.79 Å². The van der Waals surface area contributed by atoms with Crippen LogP contribution in [0.4, 0.5) is 27.8 Å². The lowest BCUT2D eigenvalue weighted by Crippen LogP contribution is -2.49. The third-order valence-corrected chi connectivity index (χ3v) is 9.39. The second-order valence-corrected chi connectivity index (χ2v) is 11.8. The van der Waals surface area contributed by atoms with E-state index in [1.165, 1.54) is 31.4 Å². The Kier molecular flexibility index (Phi) is 7.39. The maximum atomic E-state index is 12.6. The van der Waals surface area contributed by atoms with Gasteiger partial charge in [-0.1, -0.05) is 0 Å². The fourth-order valence-electron chi connectivity index (χ4n) is 6.81. The lowest BCUT2D eigenvalue weighted by molar-refractivity contribution is 0.0996. The Morgan fingerprint density at radius 1 is 1.02 bits per heavy atom. The molecule has 0 saturated carbocycles. The van der Waals surface area contributed by atoms with Crippen LogP contribution in [0.2, 0.25) is 0 Å². The van der Waals surface area contributed by atoms with Crippen molar-refractivity contribution >= 4 is 34.9 Å². The Labute approximate surface area is 236 Å². The molecule has 4 aliphatic heterocycles. The number of amides is 3. The van der Waals surface area contributed by atoms with Crippen LogP contribution < -0.4 is 26.2 Å². The van der Waals surface area contributed by atoms with Crippen LogP contribution in [-0.2, 0) is 0 Å². The molecule has 40 heavy (non-hydrogen) atoms. The number of piperidine rings is 3. The van der Waals surface area contributed by atoms with Gasteiger partial charge < -0.3 is 36.0 Å². The third-order valence-electron chi connectivity index (χ3n) is 9.39. The van der Waals surface area contributed by atoms with Crippen molar-refractivity contribution in [2.45, 2.75) is 44.6 Å². The van der Waals surface area contributed by atoms with Crippen molar-refractivity contribution in [2.75, 3.05) is 74.5 Å². The summed E-state index contributed by atoms with van der Waals surface area (Å²) >= 11 is 0. The molecule has 4 N–H and O–H groups in total. The number of urea groups is 1. The molecular formula is C29H41N9O2. The molecule has 214 valence electrons. The zero-order valence-electron chi connectivity index (χ0n) is 23.4. The standard InChI is InChI=1S/C29H41N9O2/c1-35-17-18-38(28(35)40)23-3-2-14-37(20-23)24-19-32-25(26(30)39)27(34-24)33-21-4-6-22(7-5-21)36-15-10-29(11-16-36)8-12-31-13-9-29/h4-7,19,23,31H,2-3,8-18,20H2,1H3,(H2,30,39)(H,33,34)/t23-/m1/s1. The second-order valence-electron chi connectivity index (χ2n) is 11.8. The van der Waals surface area contributed by atoms with Gasteiger partial charge in [0.2, 0.25) is 0 Å². The number of nitrogens with two attached hydrogens (primary N) is 1. The van der Waals surface area contributed by atoms with E-state index < -0.39 is 5.91 Å². The molecule has 6 rings (SSSR count). The van der Waals surface area contributed by atoms with Gasteiger partial charge in [-0.2, -0.15) is 0 Å². The molecule has 3 amide bonds. The number of primary amides is 1. The summed E-state index contributed by atoms with van der Waals surface area (Å²) in [7, 11) is 1.85. The van der Waals surface area contributed by atoms with Crippen LogP contribution in [0.15, 0.2) is 30.5 Å². The normalized spacial score (nSPS) is 23.1. The highest BCUT2D eigenvalue weighted by molar-refractivity contribution is 5.96. The molecule has 0 aliphatic carbocycles. The molecule has 4 saturated heterocycles. The second kappa shape index (κ2) is 11.1. The van der Waals surface area contributed by atoms with E-state index in [2.05, 4.69) is 37.6 Å². The lowest BCUT2D eigenvalue weighted by Gasteiger charge is -2.45. The van der Waals surface area contributed by atoms with E-state index in [0.29, 0.717) is 23.6 Å². The minimum atomic E-state index is -0.624. The maximum Gasteiger partial charge on any atom is 0.320 e. The van der Waals surface area contributed by atoms with Crippen molar-refractivity contribution in [1.29, 1.82) is 0 Å². The van der Waals surface area contributed by atoms with Crippen LogP contribution in [0.3, 0.4) is 0 Å². The Morgan fingerprint density at radius 2 is 1.77 bits per heavy atom. The summed E-state index contributed by atoms with van der Waals surface area (Å²) in [5, 5.41) is 6.79. The molecule has 11 nitrogen and oxygen atoms in total. The zero-order chi connectivity index (χ0) is 27.7. The number of anilines is 4. The number of likely N-dealkylation sites (N-methyl/N-ethyl adjacent to an activating group) is 1. The maximum absolute atomic E-state index is 12.6. The highest BCUT2D eigenvalue weighted by atomic mass is 16.2. The van der Waals surface area contributed by atoms with Crippen molar-refractivity contribution < 1.29 is 9.59 Å². The molecule has 0 unspecified atom stereocenters. The lowest BCUT2D eigenvalue weighted by atomic mass is 9.71. The van der Waals surface area contributed by atoms with Gasteiger partial charge in [0.1, 0.15) is 5.82 Å². The zero-order valence-corrected chi connectivity index (χ0v) is 23.4. The summed E-state index contributed by atoms with van der Waals surface area (Å²) in [4.78, 5) is 42.3. The highest BCUT2D eigenvalue weighted by Crippen LogP contribution is 2.40. The predicted molar refractivity (Wildman–Crippen MR) is 156 cm³/mol. The highest BCUT2D eigenvalue weighted by Gasteiger charge is 2.36. The number of hydrogen-bond donors (Lipinski definition) is 3. The molecular weight excluding hydrogens is 506 g/mol. The number of carbonyl (C=O) groups is 2. The molecule has 4 aliphatic rings. The van der Waals surface area contributed by atoms with E-state index in [9.17, 15) is 9.59 Å². The van der Waals surface area contributed by atoms with Crippen LogP contribution >= 0.6 is 0 Å². The third kappa shape index (κ3) is 5.39. The number of hydrogen-bond acceptors (Lipinski definition) is 8. The van der Waals surface area contributed by atoms with Gasteiger partial charge in [-0.25, -0.2) is 14.8 Å². The minimum Gasteiger partial charge on any atom is -0.371 e. The first-order valence-corrected chi connectivity index (χ1v) is 14.7. The summed E-state index contributed by atoms with van der Waals surface area (Å²) in [6, 6.07) is 8.52. The van der Waals surface area contributed by atoms with Gasteiger partial charge in [0.15, 0.2) is 11.5 Å². The molecule has 1 aromatic carbocycles. The monoisotopic (exact) mass is 547 g/mol. The molecule has 1 aromatic heterocycles. The SMILES string of the molecule is CN1CCN([C@@H]2CCCN(c3cnc(C(N)=O)c(Nc4ccc(N5CCC6(CCNCC6)CC5)cc4)n3)C2)C1=O. The number of aromatic nitrogens is 2. The van der Waals surface area contributed by atoms with Crippen LogP contribution in [0.1, 0.15) is 49.0 Å². The van der Waals surface area contributed by atoms with Gasteiger partial charge in [-0.15, -0.1) is 0 Å². The van der Waals surface area contributed by atoms with Gasteiger partial charge in [-0.05, 0) is 81.3 Å². The van der Waals surface area contributed by atoms with E-state index >= 15 is 0 Å². The Bertz CT molecular complexity index is 1220. The molecule has 1 atom stereocenters. The van der Waals surface area contributed by atoms with Gasteiger partial charge in [0, 0.05) is 57.7 Å². The van der Waals surface area contributed by atoms with Crippen molar-refractivity contribution in [3.63, 3.8) is 0 Å². The summed E-state index contributed by atoms with van der Waals surface area (Å²) in [5.41, 5.74) is 8.33. The van der Waals surface area contributed by atoms with E-state index in [1.54, 1.807) is 11.1 Å². The van der Waals surface area contributed by atoms with Crippen molar-refractivity contribution in [2.24, 2.45) is 11.1 Å². The molecule has 2 aromatic rings. The molecule has 4 fully saturated rings. The number of nitrogens with zero attached hydrogens (tertiary/aromatic N) is 6. The quantitative estimate of drug-likeness (QED) is 0.505. The first-order chi connectivity index (χ1) is 19.4. The van der Waals surface area contributed by atoms with E-state index in [4.69, 9.17) is 10.7 Å². The van der Waals surface area contributed by atoms with Gasteiger partial charge in [0.05, 0.1) is 12.2 Å². The number of nitrogens with one attached hydrogen (secondary N) is 2. The van der Waals surface area contributed by atoms with E-state index in [0.717, 1.165) is 64.3 Å². The first kappa shape index (κ1) is 26.6. The molecule has 11 heteroatoms. The van der Waals surface area contributed by atoms with Crippen LogP contribution in [-0.4, -0.2) is 97.2 Å². The first-order valence-electron chi connectivity index (χ1n) is 14.7. The predicted octanol–water partition coefficient (Wildman–Crippen LogP) is 2.63. The van der Waals surface area contributed by atoms with Crippen LogP contribution in [0, 0.1) is 5.41 Å². The fourth-order valence-corrected chi connectivity index (χ4v) is 6.81. The topological polar surface area (TPSA) is 123 Å². The molecule has 0 radical (unpaired) electrons. The summed E-state index contributed by atoms with van der Waals surface area (Å²) < 4.78 is 0. The smallest absolute Gasteiger partial charge is 0.320 e. The minimum absolute atomic E-state index is 0.0863. The average molecular weight is 548 g/mol. The Balaban J connectivity index is 1.14. The van der Waals surface area contributed by atoms with Crippen molar-refractivity contribution in [3.8, 4) is 0 Å². The molecule has 5 heterocycles. The van der Waals surface area contributed by atoms with Crippen molar-refractivity contribution in [1.82, 2.24) is 25.1 Å². The number of carbonyl (C=O) groups excluding carboxylic acids is 2. The van der Waals surface area contributed by atoms with E-state index in [-0.39, 0.29) is 17.8 Å².